The van der Waals surface area contributed by atoms with Gasteiger partial charge in [-0.1, -0.05) is 42.0 Å². The smallest absolute Gasteiger partial charge is 0.243 e. The van der Waals surface area contributed by atoms with E-state index >= 15 is 0 Å². The van der Waals surface area contributed by atoms with Crippen molar-refractivity contribution in [1.82, 2.24) is 14.2 Å². The van der Waals surface area contributed by atoms with Gasteiger partial charge in [0, 0.05) is 43.7 Å². The Labute approximate surface area is 170 Å². The molecule has 5 nitrogen and oxygen atoms in total. The van der Waals surface area contributed by atoms with Crippen molar-refractivity contribution >= 4 is 21.4 Å². The molecule has 0 N–H and O–H groups in total. The Balaban J connectivity index is 1.38. The lowest BCUT2D eigenvalue weighted by molar-refractivity contribution is 0.180. The molecule has 1 aliphatic rings. The molecule has 28 heavy (non-hydrogen) atoms. The lowest BCUT2D eigenvalue weighted by Gasteiger charge is -2.33. The first-order chi connectivity index (χ1) is 13.5. The molecule has 1 aromatic heterocycles. The summed E-state index contributed by atoms with van der Waals surface area (Å²) in [6.45, 7) is 5.27. The molecule has 1 saturated heterocycles. The Hall–Kier alpha value is -2.06. The van der Waals surface area contributed by atoms with Crippen molar-refractivity contribution in [1.29, 1.82) is 0 Å². The van der Waals surface area contributed by atoms with Gasteiger partial charge in [0.1, 0.15) is 5.01 Å². The average Bonchev–Trinajstić information content (AvgIpc) is 3.18. The van der Waals surface area contributed by atoms with Gasteiger partial charge in [0.05, 0.1) is 10.6 Å². The van der Waals surface area contributed by atoms with Crippen LogP contribution >= 0.6 is 11.3 Å². The zero-order valence-electron chi connectivity index (χ0n) is 15.8. The van der Waals surface area contributed by atoms with Crippen LogP contribution in [0.4, 0.5) is 0 Å². The second-order valence-electron chi connectivity index (χ2n) is 7.01. The van der Waals surface area contributed by atoms with Crippen LogP contribution in [0.5, 0.6) is 0 Å². The van der Waals surface area contributed by atoms with Gasteiger partial charge in [-0.25, -0.2) is 13.4 Å². The summed E-state index contributed by atoms with van der Waals surface area (Å²) < 4.78 is 27.1. The van der Waals surface area contributed by atoms with Gasteiger partial charge >= 0.3 is 0 Å². The van der Waals surface area contributed by atoms with Gasteiger partial charge in [0.15, 0.2) is 0 Å². The Bertz CT molecular complexity index is 1040. The van der Waals surface area contributed by atoms with Crippen LogP contribution in [0.25, 0.3) is 10.6 Å². The molecule has 0 aliphatic carbocycles. The fraction of sp³-hybridized carbons (Fsp3) is 0.286. The molecule has 2 aromatic carbocycles. The number of aryl methyl sites for hydroxylation is 1. The number of sulfonamides is 1. The predicted molar refractivity (Wildman–Crippen MR) is 113 cm³/mol. The van der Waals surface area contributed by atoms with Crippen LogP contribution in [0.3, 0.4) is 0 Å². The van der Waals surface area contributed by atoms with Crippen molar-refractivity contribution < 1.29 is 8.42 Å². The lowest BCUT2D eigenvalue weighted by atomic mass is 10.1. The highest BCUT2D eigenvalue weighted by Crippen LogP contribution is 2.25. The Morgan fingerprint density at radius 2 is 1.75 bits per heavy atom. The van der Waals surface area contributed by atoms with Crippen molar-refractivity contribution in [3.63, 3.8) is 0 Å². The normalized spacial score (nSPS) is 16.3. The van der Waals surface area contributed by atoms with Crippen molar-refractivity contribution in [3.05, 3.63) is 71.2 Å². The number of rotatable bonds is 5. The van der Waals surface area contributed by atoms with E-state index in [1.54, 1.807) is 39.9 Å². The molecule has 0 amide bonds. The third-order valence-corrected chi connectivity index (χ3v) is 7.77. The molecule has 4 rings (SSSR count). The summed E-state index contributed by atoms with van der Waals surface area (Å²) in [5.41, 5.74) is 3.42. The molecule has 0 bridgehead atoms. The van der Waals surface area contributed by atoms with Gasteiger partial charge < -0.3 is 0 Å². The SMILES string of the molecule is Cc1cccc(-c2nc(CN3CCN(S(=O)(=O)c4ccccc4)CC3)cs2)c1. The molecule has 1 fully saturated rings. The molecule has 3 aromatic rings. The molecule has 0 saturated carbocycles. The van der Waals surface area contributed by atoms with Crippen molar-refractivity contribution in [3.8, 4) is 10.6 Å². The fourth-order valence-electron chi connectivity index (χ4n) is 3.39. The van der Waals surface area contributed by atoms with Gasteiger partial charge in [-0.05, 0) is 25.1 Å². The van der Waals surface area contributed by atoms with E-state index in [-0.39, 0.29) is 0 Å². The van der Waals surface area contributed by atoms with Crippen molar-refractivity contribution in [2.75, 3.05) is 26.2 Å². The average molecular weight is 414 g/mol. The van der Waals surface area contributed by atoms with Crippen LogP contribution in [0.15, 0.2) is 64.9 Å². The van der Waals surface area contributed by atoms with Crippen LogP contribution < -0.4 is 0 Å². The van der Waals surface area contributed by atoms with E-state index in [1.165, 1.54) is 5.56 Å². The maximum atomic E-state index is 12.7. The quantitative estimate of drug-likeness (QED) is 0.641. The zero-order chi connectivity index (χ0) is 19.6. The molecule has 0 atom stereocenters. The van der Waals surface area contributed by atoms with Gasteiger partial charge in [-0.3, -0.25) is 4.90 Å². The topological polar surface area (TPSA) is 53.5 Å². The van der Waals surface area contributed by atoms with Gasteiger partial charge in [0.2, 0.25) is 10.0 Å². The first kappa shape index (κ1) is 19.3. The largest absolute Gasteiger partial charge is 0.295 e. The van der Waals surface area contributed by atoms with E-state index in [9.17, 15) is 8.42 Å². The maximum absolute atomic E-state index is 12.7. The number of piperazine rings is 1. The van der Waals surface area contributed by atoms with Crippen LogP contribution in [0.2, 0.25) is 0 Å². The minimum Gasteiger partial charge on any atom is -0.295 e. The monoisotopic (exact) mass is 413 g/mol. The summed E-state index contributed by atoms with van der Waals surface area (Å²) in [4.78, 5) is 7.41. The molecule has 0 radical (unpaired) electrons. The van der Waals surface area contributed by atoms with Crippen LogP contribution in [0.1, 0.15) is 11.3 Å². The van der Waals surface area contributed by atoms with E-state index < -0.39 is 10.0 Å². The van der Waals surface area contributed by atoms with E-state index in [4.69, 9.17) is 4.98 Å². The lowest BCUT2D eigenvalue weighted by Crippen LogP contribution is -2.48. The third kappa shape index (κ3) is 4.17. The molecule has 0 spiro atoms. The van der Waals surface area contributed by atoms with Crippen LogP contribution in [0, 0.1) is 6.92 Å². The number of aromatic nitrogens is 1. The van der Waals surface area contributed by atoms with Crippen molar-refractivity contribution in [2.24, 2.45) is 0 Å². The summed E-state index contributed by atoms with van der Waals surface area (Å²) in [5.74, 6) is 0. The summed E-state index contributed by atoms with van der Waals surface area (Å²) >= 11 is 1.66. The van der Waals surface area contributed by atoms with E-state index in [2.05, 4.69) is 41.5 Å². The summed E-state index contributed by atoms with van der Waals surface area (Å²) in [6, 6.07) is 17.0. The van der Waals surface area contributed by atoms with Crippen molar-refractivity contribution in [2.45, 2.75) is 18.4 Å². The molecule has 7 heteroatoms. The van der Waals surface area contributed by atoms with Crippen LogP contribution in [-0.2, 0) is 16.6 Å². The highest BCUT2D eigenvalue weighted by Gasteiger charge is 2.28. The Morgan fingerprint density at radius 1 is 1.00 bits per heavy atom. The second-order valence-corrected chi connectivity index (χ2v) is 9.80. The van der Waals surface area contributed by atoms with Gasteiger partial charge in [0.25, 0.3) is 0 Å². The standard InChI is InChI=1S/C21H23N3O2S2/c1-17-6-5-7-18(14-17)21-22-19(16-27-21)15-23-10-12-24(13-11-23)28(25,26)20-8-3-2-4-9-20/h2-9,14,16H,10-13,15H2,1H3. The minimum absolute atomic E-state index is 0.366. The number of hydrogen-bond donors (Lipinski definition) is 0. The maximum Gasteiger partial charge on any atom is 0.243 e. The number of thiazole rings is 1. The summed E-state index contributed by atoms with van der Waals surface area (Å²) in [7, 11) is -3.40. The number of benzene rings is 2. The molecule has 1 aliphatic heterocycles. The summed E-state index contributed by atoms with van der Waals surface area (Å²) in [6.07, 6.45) is 0. The Morgan fingerprint density at radius 3 is 2.46 bits per heavy atom. The molecular formula is C21H23N3O2S2. The molecule has 0 unspecified atom stereocenters. The molecular weight excluding hydrogens is 390 g/mol. The summed E-state index contributed by atoms with van der Waals surface area (Å²) in [5, 5.41) is 3.13. The van der Waals surface area contributed by atoms with E-state index in [0.717, 1.165) is 22.8 Å². The van der Waals surface area contributed by atoms with Gasteiger partial charge in [-0.15, -0.1) is 11.3 Å². The van der Waals surface area contributed by atoms with Crippen LogP contribution in [-0.4, -0.2) is 48.8 Å². The first-order valence-corrected chi connectivity index (χ1v) is 11.6. The second kappa shape index (κ2) is 8.13. The highest BCUT2D eigenvalue weighted by molar-refractivity contribution is 7.89. The van der Waals surface area contributed by atoms with Gasteiger partial charge in [-0.2, -0.15) is 4.31 Å². The zero-order valence-corrected chi connectivity index (χ0v) is 17.4. The third-order valence-electron chi connectivity index (χ3n) is 4.91. The van der Waals surface area contributed by atoms with E-state index in [1.807, 2.05) is 6.07 Å². The molecule has 2 heterocycles. The fourth-order valence-corrected chi connectivity index (χ4v) is 5.64. The first-order valence-electron chi connectivity index (χ1n) is 9.31. The highest BCUT2D eigenvalue weighted by atomic mass is 32.2. The molecule has 146 valence electrons. The number of nitrogens with zero attached hydrogens (tertiary/aromatic N) is 3. The Kier molecular flexibility index (Phi) is 5.59. The number of hydrogen-bond acceptors (Lipinski definition) is 5. The minimum atomic E-state index is -3.40. The predicted octanol–water partition coefficient (Wildman–Crippen LogP) is 3.63. The van der Waals surface area contributed by atoms with E-state index in [0.29, 0.717) is 31.1 Å².